The van der Waals surface area contributed by atoms with E-state index in [1.54, 1.807) is 0 Å². The van der Waals surface area contributed by atoms with Gasteiger partial charge in [0.25, 0.3) is 0 Å². The van der Waals surface area contributed by atoms with Crippen LogP contribution in [0.5, 0.6) is 0 Å². The van der Waals surface area contributed by atoms with Crippen LogP contribution in [0.1, 0.15) is 26.2 Å². The van der Waals surface area contributed by atoms with Gasteiger partial charge in [0.1, 0.15) is 0 Å². The van der Waals surface area contributed by atoms with Crippen LogP contribution in [0, 0.1) is 0 Å². The molecule has 1 aromatic carbocycles. The highest BCUT2D eigenvalue weighted by atomic mass is 32.2. The van der Waals surface area contributed by atoms with Crippen LogP contribution in [0.3, 0.4) is 0 Å². The van der Waals surface area contributed by atoms with E-state index in [1.165, 1.54) is 31.2 Å². The minimum absolute atomic E-state index is 0.0933. The molecule has 0 aliphatic carbocycles. The summed E-state index contributed by atoms with van der Waals surface area (Å²) in [6.07, 6.45) is 3.03. The van der Waals surface area contributed by atoms with Gasteiger partial charge in [0, 0.05) is 18.7 Å². The van der Waals surface area contributed by atoms with Gasteiger partial charge in [0.05, 0.1) is 21.7 Å². The molecule has 0 spiro atoms. The zero-order chi connectivity index (χ0) is 18.9. The molecule has 2 aliphatic rings. The maximum atomic E-state index is 13.1. The van der Waals surface area contributed by atoms with Gasteiger partial charge in [-0.2, -0.15) is 0 Å². The van der Waals surface area contributed by atoms with Crippen LogP contribution in [0.15, 0.2) is 29.2 Å². The van der Waals surface area contributed by atoms with Gasteiger partial charge in [-0.15, -0.1) is 0 Å². The molecule has 2 atom stereocenters. The molecule has 0 aromatic heterocycles. The Balaban J connectivity index is 1.89. The number of carbonyl (C=O) groups excluding carboxylic acids is 1. The van der Waals surface area contributed by atoms with E-state index in [1.807, 2.05) is 4.90 Å². The summed E-state index contributed by atoms with van der Waals surface area (Å²) in [7, 11) is -7.17. The average molecular weight is 401 g/mol. The lowest BCUT2D eigenvalue weighted by Gasteiger charge is -2.34. The Morgan fingerprint density at radius 2 is 1.69 bits per heavy atom. The molecule has 3 rings (SSSR count). The molecule has 1 amide bonds. The van der Waals surface area contributed by atoms with Gasteiger partial charge in [-0.05, 0) is 50.2 Å². The normalized spacial score (nSPS) is 26.5. The highest BCUT2D eigenvalue weighted by Gasteiger charge is 2.48. The largest absolute Gasteiger partial charge is 0.326 e. The average Bonchev–Trinajstić information content (AvgIpc) is 2.92. The number of likely N-dealkylation sites (tertiary alicyclic amines) is 1. The number of hydrogen-bond donors (Lipinski definition) is 1. The minimum Gasteiger partial charge on any atom is -0.326 e. The van der Waals surface area contributed by atoms with Gasteiger partial charge in [-0.3, -0.25) is 9.69 Å². The third-order valence-electron chi connectivity index (χ3n) is 5.03. The molecule has 1 aromatic rings. The van der Waals surface area contributed by atoms with Crippen molar-refractivity contribution in [3.63, 3.8) is 0 Å². The van der Waals surface area contributed by atoms with Crippen LogP contribution in [-0.2, 0) is 24.5 Å². The van der Waals surface area contributed by atoms with Crippen molar-refractivity contribution in [2.24, 2.45) is 0 Å². The number of hydrogen-bond acceptors (Lipinski definition) is 6. The Bertz CT molecular complexity index is 872. The summed E-state index contributed by atoms with van der Waals surface area (Å²) in [5, 5.41) is 1.64. The van der Waals surface area contributed by atoms with Crippen molar-refractivity contribution in [2.75, 3.05) is 29.9 Å². The smallest absolute Gasteiger partial charge is 0.221 e. The summed E-state index contributed by atoms with van der Waals surface area (Å²) in [5.41, 5.74) is 0.503. The highest BCUT2D eigenvalue weighted by molar-refractivity contribution is 7.96. The van der Waals surface area contributed by atoms with Crippen molar-refractivity contribution in [2.45, 2.75) is 42.4 Å². The molecule has 1 N–H and O–H groups in total. The first-order chi connectivity index (χ1) is 12.2. The maximum Gasteiger partial charge on any atom is 0.221 e. The van der Waals surface area contributed by atoms with Crippen LogP contribution in [-0.4, -0.2) is 63.5 Å². The fourth-order valence-corrected chi connectivity index (χ4v) is 8.62. The first-order valence-electron chi connectivity index (χ1n) is 8.75. The third-order valence-corrected chi connectivity index (χ3v) is 9.17. The predicted octanol–water partition coefficient (Wildman–Crippen LogP) is 1.07. The number of anilines is 1. The molecular formula is C17H24N2O5S2. The molecule has 2 heterocycles. The lowest BCUT2D eigenvalue weighted by molar-refractivity contribution is -0.114. The Hall–Kier alpha value is -1.45. The number of benzene rings is 1. The highest BCUT2D eigenvalue weighted by Crippen LogP contribution is 2.31. The lowest BCUT2D eigenvalue weighted by atomic mass is 10.1. The molecule has 26 heavy (non-hydrogen) atoms. The first-order valence-corrected chi connectivity index (χ1v) is 12.1. The number of rotatable bonds is 4. The second-order valence-electron chi connectivity index (χ2n) is 7.03. The summed E-state index contributed by atoms with van der Waals surface area (Å²) in [6.45, 7) is 2.86. The van der Waals surface area contributed by atoms with Crippen molar-refractivity contribution >= 4 is 31.3 Å². The standard InChI is InChI=1S/C17H24N2O5S2/c1-13(20)18-14-5-7-15(8-6-14)26(23,24)17-12-25(21,22)11-16(17)19-9-3-2-4-10-19/h5-8,16-17H,2-4,9-12H2,1H3,(H,18,20)/t16-,17-/m0/s1. The van der Waals surface area contributed by atoms with Crippen LogP contribution < -0.4 is 5.32 Å². The van der Waals surface area contributed by atoms with Crippen molar-refractivity contribution < 1.29 is 21.6 Å². The number of sulfone groups is 2. The third kappa shape index (κ3) is 4.10. The molecule has 0 unspecified atom stereocenters. The predicted molar refractivity (Wildman–Crippen MR) is 99.6 cm³/mol. The molecule has 7 nitrogen and oxygen atoms in total. The molecule has 2 aliphatic heterocycles. The molecule has 144 valence electrons. The molecule has 9 heteroatoms. The van der Waals surface area contributed by atoms with E-state index in [9.17, 15) is 21.6 Å². The van der Waals surface area contributed by atoms with E-state index >= 15 is 0 Å². The number of carbonyl (C=O) groups is 1. The van der Waals surface area contributed by atoms with Gasteiger partial charge in [0.15, 0.2) is 19.7 Å². The summed E-state index contributed by atoms with van der Waals surface area (Å²) < 4.78 is 50.7. The van der Waals surface area contributed by atoms with Crippen molar-refractivity contribution in [1.82, 2.24) is 4.90 Å². The number of amides is 1. The summed E-state index contributed by atoms with van der Waals surface area (Å²) in [6, 6.07) is 5.42. The maximum absolute atomic E-state index is 13.1. The van der Waals surface area contributed by atoms with Gasteiger partial charge in [-0.1, -0.05) is 6.42 Å². The Labute approximate surface area is 154 Å². The van der Waals surface area contributed by atoms with Gasteiger partial charge in [-0.25, -0.2) is 16.8 Å². The van der Waals surface area contributed by atoms with E-state index in [-0.39, 0.29) is 22.3 Å². The second kappa shape index (κ2) is 7.28. The van der Waals surface area contributed by atoms with E-state index in [0.717, 1.165) is 32.4 Å². The lowest BCUT2D eigenvalue weighted by Crippen LogP contribution is -2.48. The Morgan fingerprint density at radius 1 is 1.08 bits per heavy atom. The summed E-state index contributed by atoms with van der Waals surface area (Å²) in [4.78, 5) is 13.2. The molecule has 2 fully saturated rings. The van der Waals surface area contributed by atoms with Crippen LogP contribution >= 0.6 is 0 Å². The first kappa shape index (κ1) is 19.3. The fourth-order valence-electron chi connectivity index (χ4n) is 3.79. The quantitative estimate of drug-likeness (QED) is 0.811. The van der Waals surface area contributed by atoms with Gasteiger partial charge < -0.3 is 5.32 Å². The number of nitrogens with zero attached hydrogens (tertiary/aromatic N) is 1. The molecule has 2 saturated heterocycles. The topological polar surface area (TPSA) is 101 Å². The van der Waals surface area contributed by atoms with Crippen LogP contribution in [0.2, 0.25) is 0 Å². The molecule has 0 saturated carbocycles. The van der Waals surface area contributed by atoms with Gasteiger partial charge >= 0.3 is 0 Å². The van der Waals surface area contributed by atoms with E-state index in [4.69, 9.17) is 0 Å². The molecule has 0 radical (unpaired) electrons. The van der Waals surface area contributed by atoms with Crippen LogP contribution in [0.4, 0.5) is 5.69 Å². The van der Waals surface area contributed by atoms with Crippen LogP contribution in [0.25, 0.3) is 0 Å². The summed E-state index contributed by atoms with van der Waals surface area (Å²) >= 11 is 0. The van der Waals surface area contributed by atoms with E-state index < -0.39 is 31.0 Å². The van der Waals surface area contributed by atoms with Gasteiger partial charge in [0.2, 0.25) is 5.91 Å². The second-order valence-corrected chi connectivity index (χ2v) is 11.4. The van der Waals surface area contributed by atoms with E-state index in [2.05, 4.69) is 5.32 Å². The Kier molecular flexibility index (Phi) is 5.41. The Morgan fingerprint density at radius 3 is 2.27 bits per heavy atom. The SMILES string of the molecule is CC(=O)Nc1ccc(S(=O)(=O)[C@H]2CS(=O)(=O)C[C@@H]2N2CCCCC2)cc1. The zero-order valence-corrected chi connectivity index (χ0v) is 16.4. The van der Waals surface area contributed by atoms with Crippen molar-refractivity contribution in [3.8, 4) is 0 Å². The molecule has 0 bridgehead atoms. The molecular weight excluding hydrogens is 376 g/mol. The van der Waals surface area contributed by atoms with Crippen molar-refractivity contribution in [3.05, 3.63) is 24.3 Å². The zero-order valence-electron chi connectivity index (χ0n) is 14.7. The number of nitrogens with one attached hydrogen (secondary N) is 1. The fraction of sp³-hybridized carbons (Fsp3) is 0.588. The van der Waals surface area contributed by atoms with Crippen molar-refractivity contribution in [1.29, 1.82) is 0 Å². The monoisotopic (exact) mass is 400 g/mol. The van der Waals surface area contributed by atoms with E-state index in [0.29, 0.717) is 5.69 Å². The summed E-state index contributed by atoms with van der Waals surface area (Å²) in [5.74, 6) is -0.669. The minimum atomic E-state index is -3.79. The number of piperidine rings is 1.